The smallest absolute Gasteiger partial charge is 0.165 e. The maximum Gasteiger partial charge on any atom is 0.165 e. The van der Waals surface area contributed by atoms with Gasteiger partial charge in [-0.3, -0.25) is 0 Å². The molecule has 116 valence electrons. The molecule has 0 bridgehead atoms. The first-order chi connectivity index (χ1) is 11.1. The predicted octanol–water partition coefficient (Wildman–Crippen LogP) is 4.92. The van der Waals surface area contributed by atoms with Gasteiger partial charge in [-0.05, 0) is 41.0 Å². The first-order valence-corrected chi connectivity index (χ1v) is 7.08. The number of phenolic OH excluding ortho intramolecular Hbond substituents is 1. The fraction of sp³-hybridized carbons (Fsp3) is 0.0526. The van der Waals surface area contributed by atoms with Crippen LogP contribution in [0.4, 0.5) is 8.78 Å². The van der Waals surface area contributed by atoms with E-state index in [0.29, 0.717) is 11.1 Å². The molecule has 0 saturated carbocycles. The molecule has 1 N–H and O–H groups in total. The van der Waals surface area contributed by atoms with E-state index in [1.807, 2.05) is 30.3 Å². The molecule has 0 aromatic heterocycles. The Morgan fingerprint density at radius 1 is 0.783 bits per heavy atom. The monoisotopic (exact) mass is 312 g/mol. The van der Waals surface area contributed by atoms with Crippen molar-refractivity contribution in [3.8, 4) is 22.6 Å². The first-order valence-electron chi connectivity index (χ1n) is 7.08. The number of benzene rings is 3. The molecule has 2 nitrogen and oxygen atoms in total. The zero-order valence-electron chi connectivity index (χ0n) is 12.2. The van der Waals surface area contributed by atoms with Crippen LogP contribution in [0.2, 0.25) is 0 Å². The number of halogens is 2. The quantitative estimate of drug-likeness (QED) is 0.741. The standard InChI is InChI=1S/C19H14F2O2/c20-16-10-14(6-8-18(16)22)15-7-9-19(17(21)11-15)23-12-13-4-2-1-3-5-13/h1-11,22H,12H2. The fourth-order valence-electron chi connectivity index (χ4n) is 2.22. The van der Waals surface area contributed by atoms with Crippen molar-refractivity contribution < 1.29 is 18.6 Å². The van der Waals surface area contributed by atoms with E-state index >= 15 is 0 Å². The largest absolute Gasteiger partial charge is 0.505 e. The summed E-state index contributed by atoms with van der Waals surface area (Å²) in [5.74, 6) is -1.56. The summed E-state index contributed by atoms with van der Waals surface area (Å²) in [5, 5.41) is 9.20. The van der Waals surface area contributed by atoms with E-state index in [0.717, 1.165) is 11.6 Å². The molecular weight excluding hydrogens is 298 g/mol. The number of rotatable bonds is 4. The predicted molar refractivity (Wildman–Crippen MR) is 84.2 cm³/mol. The number of ether oxygens (including phenoxy) is 1. The second-order valence-electron chi connectivity index (χ2n) is 5.09. The van der Waals surface area contributed by atoms with E-state index in [-0.39, 0.29) is 12.4 Å². The molecule has 0 aliphatic carbocycles. The Morgan fingerprint density at radius 3 is 2.09 bits per heavy atom. The van der Waals surface area contributed by atoms with Gasteiger partial charge >= 0.3 is 0 Å². The minimum atomic E-state index is -0.743. The summed E-state index contributed by atoms with van der Waals surface area (Å²) in [7, 11) is 0. The minimum absolute atomic E-state index is 0.136. The summed E-state index contributed by atoms with van der Waals surface area (Å²) in [5.41, 5.74) is 1.93. The number of aromatic hydroxyl groups is 1. The molecule has 3 aromatic rings. The second-order valence-corrected chi connectivity index (χ2v) is 5.09. The average molecular weight is 312 g/mol. The van der Waals surface area contributed by atoms with Gasteiger partial charge in [-0.2, -0.15) is 0 Å². The number of hydrogen-bond acceptors (Lipinski definition) is 2. The Labute approximate surface area is 132 Å². The third kappa shape index (κ3) is 3.48. The van der Waals surface area contributed by atoms with Gasteiger partial charge in [0.15, 0.2) is 23.1 Å². The van der Waals surface area contributed by atoms with E-state index in [1.54, 1.807) is 6.07 Å². The lowest BCUT2D eigenvalue weighted by atomic mass is 10.0. The van der Waals surface area contributed by atoms with Crippen LogP contribution < -0.4 is 4.74 Å². The maximum absolute atomic E-state index is 14.2. The third-order valence-electron chi connectivity index (χ3n) is 3.45. The molecule has 0 spiro atoms. The lowest BCUT2D eigenvalue weighted by Crippen LogP contribution is -1.97. The molecule has 0 atom stereocenters. The van der Waals surface area contributed by atoms with E-state index in [9.17, 15) is 13.9 Å². The van der Waals surface area contributed by atoms with Crippen LogP contribution in [0.3, 0.4) is 0 Å². The topological polar surface area (TPSA) is 29.5 Å². The molecule has 0 amide bonds. The van der Waals surface area contributed by atoms with Crippen LogP contribution in [-0.2, 0) is 6.61 Å². The summed E-state index contributed by atoms with van der Waals surface area (Å²) in [6.07, 6.45) is 0. The first kappa shape index (κ1) is 15.0. The Hall–Kier alpha value is -2.88. The SMILES string of the molecule is Oc1ccc(-c2ccc(OCc3ccccc3)c(F)c2)cc1F. The van der Waals surface area contributed by atoms with Crippen LogP contribution in [0.15, 0.2) is 66.7 Å². The molecule has 0 fully saturated rings. The van der Waals surface area contributed by atoms with Gasteiger partial charge in [0.2, 0.25) is 0 Å². The van der Waals surface area contributed by atoms with Gasteiger partial charge in [0.25, 0.3) is 0 Å². The summed E-state index contributed by atoms with van der Waals surface area (Å²) in [6, 6.07) is 17.8. The second kappa shape index (κ2) is 6.48. The van der Waals surface area contributed by atoms with Crippen LogP contribution in [-0.4, -0.2) is 5.11 Å². The summed E-state index contributed by atoms with van der Waals surface area (Å²) in [6.45, 7) is 0.269. The van der Waals surface area contributed by atoms with Gasteiger partial charge < -0.3 is 9.84 Å². The van der Waals surface area contributed by atoms with E-state index in [4.69, 9.17) is 4.74 Å². The van der Waals surface area contributed by atoms with Crippen LogP contribution in [0.25, 0.3) is 11.1 Å². The maximum atomic E-state index is 14.2. The van der Waals surface area contributed by atoms with Crippen molar-refractivity contribution in [1.29, 1.82) is 0 Å². The minimum Gasteiger partial charge on any atom is -0.505 e. The zero-order valence-corrected chi connectivity index (χ0v) is 12.2. The lowest BCUT2D eigenvalue weighted by Gasteiger charge is -2.09. The zero-order chi connectivity index (χ0) is 16.2. The highest BCUT2D eigenvalue weighted by Gasteiger charge is 2.09. The van der Waals surface area contributed by atoms with E-state index in [1.165, 1.54) is 24.3 Å². The normalized spacial score (nSPS) is 10.5. The molecular formula is C19H14F2O2. The fourth-order valence-corrected chi connectivity index (χ4v) is 2.22. The Kier molecular flexibility index (Phi) is 4.24. The van der Waals surface area contributed by atoms with E-state index < -0.39 is 17.4 Å². The molecule has 0 aliphatic rings. The van der Waals surface area contributed by atoms with Crippen molar-refractivity contribution in [3.05, 3.63) is 83.9 Å². The van der Waals surface area contributed by atoms with Gasteiger partial charge in [0.1, 0.15) is 6.61 Å². The van der Waals surface area contributed by atoms with Crippen molar-refractivity contribution in [1.82, 2.24) is 0 Å². The average Bonchev–Trinajstić information content (AvgIpc) is 2.57. The highest BCUT2D eigenvalue weighted by molar-refractivity contribution is 5.65. The highest BCUT2D eigenvalue weighted by atomic mass is 19.1. The van der Waals surface area contributed by atoms with Crippen LogP contribution >= 0.6 is 0 Å². The molecule has 3 aromatic carbocycles. The molecule has 0 aliphatic heterocycles. The molecule has 0 heterocycles. The third-order valence-corrected chi connectivity index (χ3v) is 3.45. The van der Waals surface area contributed by atoms with Crippen molar-refractivity contribution in [2.45, 2.75) is 6.61 Å². The Bertz CT molecular complexity index is 817. The molecule has 4 heteroatoms. The molecule has 0 unspecified atom stereocenters. The van der Waals surface area contributed by atoms with Gasteiger partial charge in [0.05, 0.1) is 0 Å². The Balaban J connectivity index is 1.79. The Morgan fingerprint density at radius 2 is 1.43 bits per heavy atom. The highest BCUT2D eigenvalue weighted by Crippen LogP contribution is 2.28. The van der Waals surface area contributed by atoms with Gasteiger partial charge in [-0.25, -0.2) is 8.78 Å². The van der Waals surface area contributed by atoms with Crippen LogP contribution in [0.1, 0.15) is 5.56 Å². The lowest BCUT2D eigenvalue weighted by molar-refractivity contribution is 0.290. The number of phenols is 1. The van der Waals surface area contributed by atoms with Gasteiger partial charge in [-0.1, -0.05) is 42.5 Å². The molecule has 23 heavy (non-hydrogen) atoms. The van der Waals surface area contributed by atoms with E-state index in [2.05, 4.69) is 0 Å². The summed E-state index contributed by atoms with van der Waals surface area (Å²) >= 11 is 0. The van der Waals surface area contributed by atoms with Crippen molar-refractivity contribution in [2.75, 3.05) is 0 Å². The molecule has 0 radical (unpaired) electrons. The molecule has 3 rings (SSSR count). The van der Waals surface area contributed by atoms with Crippen molar-refractivity contribution in [2.24, 2.45) is 0 Å². The van der Waals surface area contributed by atoms with Crippen LogP contribution in [0.5, 0.6) is 11.5 Å². The van der Waals surface area contributed by atoms with Gasteiger partial charge in [0, 0.05) is 0 Å². The summed E-state index contributed by atoms with van der Waals surface area (Å²) in [4.78, 5) is 0. The van der Waals surface area contributed by atoms with Crippen molar-refractivity contribution in [3.63, 3.8) is 0 Å². The summed E-state index contributed by atoms with van der Waals surface area (Å²) < 4.78 is 33.0. The van der Waals surface area contributed by atoms with Gasteiger partial charge in [-0.15, -0.1) is 0 Å². The number of hydrogen-bond donors (Lipinski definition) is 1. The molecule has 0 saturated heterocycles. The van der Waals surface area contributed by atoms with Crippen LogP contribution in [0, 0.1) is 11.6 Å². The van der Waals surface area contributed by atoms with Crippen molar-refractivity contribution >= 4 is 0 Å².